The summed E-state index contributed by atoms with van der Waals surface area (Å²) in [5.41, 5.74) is 4.38. The minimum Gasteiger partial charge on any atom is -0.349 e. The van der Waals surface area contributed by atoms with Gasteiger partial charge in [0.25, 0.3) is 5.91 Å². The normalized spacial score (nSPS) is 17.4. The van der Waals surface area contributed by atoms with Crippen LogP contribution in [0, 0.1) is 6.92 Å². The second-order valence-electron chi connectivity index (χ2n) is 9.83. The van der Waals surface area contributed by atoms with Crippen molar-refractivity contribution in [2.75, 3.05) is 17.3 Å². The Kier molecular flexibility index (Phi) is 6.38. The van der Waals surface area contributed by atoms with Crippen LogP contribution in [-0.2, 0) is 27.5 Å². The number of hydrogen-bond donors (Lipinski definition) is 2. The molecule has 2 amide bonds. The SMILES string of the molecule is Cc1ccc(-n2nc3c(c2NC(=O)CS(C)(=O)=O)C(=O)N[C@@H](CCc2cccc(C4CC4)c2)C3)nc1. The van der Waals surface area contributed by atoms with E-state index in [2.05, 4.69) is 45.0 Å². The van der Waals surface area contributed by atoms with Gasteiger partial charge in [-0.25, -0.2) is 13.4 Å². The molecular formula is C26H29N5O4S. The molecule has 0 bridgehead atoms. The molecule has 5 rings (SSSR count). The van der Waals surface area contributed by atoms with E-state index in [4.69, 9.17) is 0 Å². The first-order chi connectivity index (χ1) is 17.2. The fraction of sp³-hybridized carbons (Fsp3) is 0.385. The fourth-order valence-electron chi connectivity index (χ4n) is 4.59. The molecule has 2 aromatic heterocycles. The quantitative estimate of drug-likeness (QED) is 0.483. The zero-order valence-corrected chi connectivity index (χ0v) is 21.1. The largest absolute Gasteiger partial charge is 0.349 e. The molecule has 0 saturated heterocycles. The number of benzene rings is 1. The van der Waals surface area contributed by atoms with Crippen molar-refractivity contribution in [1.29, 1.82) is 0 Å². The van der Waals surface area contributed by atoms with E-state index < -0.39 is 21.5 Å². The molecule has 1 aliphatic carbocycles. The number of nitrogens with zero attached hydrogens (tertiary/aromatic N) is 3. The lowest BCUT2D eigenvalue weighted by Gasteiger charge is -2.23. The third kappa shape index (κ3) is 5.48. The van der Waals surface area contributed by atoms with Gasteiger partial charge in [0.15, 0.2) is 21.5 Å². The van der Waals surface area contributed by atoms with Crippen LogP contribution < -0.4 is 10.6 Å². The summed E-state index contributed by atoms with van der Waals surface area (Å²) >= 11 is 0. The van der Waals surface area contributed by atoms with Crippen molar-refractivity contribution in [3.05, 3.63) is 70.5 Å². The summed E-state index contributed by atoms with van der Waals surface area (Å²) in [5, 5.41) is 10.3. The van der Waals surface area contributed by atoms with Gasteiger partial charge < -0.3 is 10.6 Å². The minimum absolute atomic E-state index is 0.108. The van der Waals surface area contributed by atoms with E-state index in [1.54, 1.807) is 12.3 Å². The molecular weight excluding hydrogens is 478 g/mol. The number of fused-ring (bicyclic) bond motifs is 1. The maximum atomic E-state index is 13.2. The Labute approximate surface area is 210 Å². The first-order valence-electron chi connectivity index (χ1n) is 12.1. The summed E-state index contributed by atoms with van der Waals surface area (Å²) in [6.07, 6.45) is 7.25. The average Bonchev–Trinajstić information content (AvgIpc) is 3.60. The zero-order chi connectivity index (χ0) is 25.4. The van der Waals surface area contributed by atoms with Gasteiger partial charge >= 0.3 is 0 Å². The van der Waals surface area contributed by atoms with Gasteiger partial charge in [0.2, 0.25) is 5.91 Å². The monoisotopic (exact) mass is 507 g/mol. The predicted molar refractivity (Wildman–Crippen MR) is 136 cm³/mol. The molecule has 0 spiro atoms. The van der Waals surface area contributed by atoms with Crippen molar-refractivity contribution in [2.45, 2.75) is 51.0 Å². The van der Waals surface area contributed by atoms with Gasteiger partial charge in [0.1, 0.15) is 11.3 Å². The van der Waals surface area contributed by atoms with Crippen molar-refractivity contribution in [2.24, 2.45) is 0 Å². The van der Waals surface area contributed by atoms with E-state index in [-0.39, 0.29) is 23.3 Å². The van der Waals surface area contributed by atoms with Crippen LogP contribution in [0.3, 0.4) is 0 Å². The Bertz CT molecular complexity index is 1430. The van der Waals surface area contributed by atoms with Gasteiger partial charge in [-0.1, -0.05) is 30.3 Å². The Morgan fingerprint density at radius 1 is 1.22 bits per heavy atom. The average molecular weight is 508 g/mol. The van der Waals surface area contributed by atoms with Crippen molar-refractivity contribution < 1.29 is 18.0 Å². The van der Waals surface area contributed by atoms with Gasteiger partial charge in [0.05, 0.1) is 5.69 Å². The van der Waals surface area contributed by atoms with Crippen LogP contribution in [0.4, 0.5) is 5.82 Å². The molecule has 1 aromatic carbocycles. The molecule has 188 valence electrons. The first-order valence-corrected chi connectivity index (χ1v) is 14.1. The van der Waals surface area contributed by atoms with Crippen LogP contribution >= 0.6 is 0 Å². The number of anilines is 1. The Morgan fingerprint density at radius 2 is 2.03 bits per heavy atom. The number of sulfone groups is 1. The maximum Gasteiger partial charge on any atom is 0.257 e. The standard InChI is InChI=1S/C26H29N5O4S/c1-16-6-11-22(27-14-16)31-25(29-23(32)15-36(2,34)35)24-21(30-31)13-20(28-26(24)33)10-7-17-4-3-5-19(12-17)18-8-9-18/h3-6,11-12,14,18,20H,7-10,13,15H2,1-2H3,(H,28,33)(H,29,32)/t20-/m0/s1. The second kappa shape index (κ2) is 9.50. The predicted octanol–water partition coefficient (Wildman–Crippen LogP) is 2.72. The second-order valence-corrected chi connectivity index (χ2v) is 12.0. The molecule has 3 heterocycles. The Morgan fingerprint density at radius 3 is 2.72 bits per heavy atom. The molecule has 1 atom stereocenters. The van der Waals surface area contributed by atoms with Crippen LogP contribution in [0.25, 0.3) is 5.82 Å². The van der Waals surface area contributed by atoms with Crippen LogP contribution in [0.1, 0.15) is 57.9 Å². The lowest BCUT2D eigenvalue weighted by molar-refractivity contribution is -0.113. The first kappa shape index (κ1) is 24.2. The number of hydrogen-bond acceptors (Lipinski definition) is 6. The zero-order valence-electron chi connectivity index (χ0n) is 20.3. The van der Waals surface area contributed by atoms with E-state index in [9.17, 15) is 18.0 Å². The Balaban J connectivity index is 1.40. The van der Waals surface area contributed by atoms with Crippen LogP contribution in [-0.4, -0.2) is 53.0 Å². The van der Waals surface area contributed by atoms with Crippen molar-refractivity contribution in [3.8, 4) is 5.82 Å². The molecule has 10 heteroatoms. The summed E-state index contributed by atoms with van der Waals surface area (Å²) in [6.45, 7) is 1.90. The van der Waals surface area contributed by atoms with Gasteiger partial charge in [-0.15, -0.1) is 0 Å². The van der Waals surface area contributed by atoms with Gasteiger partial charge in [-0.3, -0.25) is 9.59 Å². The van der Waals surface area contributed by atoms with Crippen molar-refractivity contribution in [1.82, 2.24) is 20.1 Å². The minimum atomic E-state index is -3.55. The highest BCUT2D eigenvalue weighted by molar-refractivity contribution is 7.91. The fourth-order valence-corrected chi connectivity index (χ4v) is 5.14. The Hall–Kier alpha value is -3.53. The number of aromatic nitrogens is 3. The van der Waals surface area contributed by atoms with Crippen LogP contribution in [0.2, 0.25) is 0 Å². The summed E-state index contributed by atoms with van der Waals surface area (Å²) < 4.78 is 24.7. The van der Waals surface area contributed by atoms with E-state index >= 15 is 0 Å². The molecule has 1 aliphatic heterocycles. The summed E-state index contributed by atoms with van der Waals surface area (Å²) in [7, 11) is -3.55. The number of rotatable bonds is 8. The molecule has 0 unspecified atom stereocenters. The lowest BCUT2D eigenvalue weighted by Crippen LogP contribution is -2.41. The van der Waals surface area contributed by atoms with Crippen molar-refractivity contribution in [3.63, 3.8) is 0 Å². The lowest BCUT2D eigenvalue weighted by atomic mass is 9.95. The van der Waals surface area contributed by atoms with Crippen molar-refractivity contribution >= 4 is 27.5 Å². The molecule has 2 N–H and O–H groups in total. The summed E-state index contributed by atoms with van der Waals surface area (Å²) in [4.78, 5) is 30.0. The summed E-state index contributed by atoms with van der Waals surface area (Å²) in [6, 6.07) is 12.1. The van der Waals surface area contributed by atoms with Gasteiger partial charge in [-0.2, -0.15) is 9.78 Å². The molecule has 1 saturated carbocycles. The number of aryl methyl sites for hydroxylation is 2. The van der Waals surface area contributed by atoms with E-state index in [0.29, 0.717) is 23.9 Å². The van der Waals surface area contributed by atoms with Crippen LogP contribution in [0.15, 0.2) is 42.6 Å². The number of amides is 2. The molecule has 9 nitrogen and oxygen atoms in total. The van der Waals surface area contributed by atoms with E-state index in [1.165, 1.54) is 28.7 Å². The summed E-state index contributed by atoms with van der Waals surface area (Å²) in [5.74, 6) is -0.537. The third-order valence-electron chi connectivity index (χ3n) is 6.51. The third-order valence-corrected chi connectivity index (χ3v) is 7.29. The maximum absolute atomic E-state index is 13.2. The van der Waals surface area contributed by atoms with Gasteiger partial charge in [-0.05, 0) is 61.3 Å². The molecule has 3 aromatic rings. The molecule has 0 radical (unpaired) electrons. The highest BCUT2D eigenvalue weighted by atomic mass is 32.2. The van der Waals surface area contributed by atoms with Gasteiger partial charge in [0, 0.05) is 24.9 Å². The number of nitrogens with one attached hydrogen (secondary N) is 2. The number of pyridine rings is 1. The van der Waals surface area contributed by atoms with E-state index in [1.807, 2.05) is 13.0 Å². The highest BCUT2D eigenvalue weighted by Gasteiger charge is 2.33. The number of carbonyl (C=O) groups excluding carboxylic acids is 2. The van der Waals surface area contributed by atoms with E-state index in [0.717, 1.165) is 24.7 Å². The smallest absolute Gasteiger partial charge is 0.257 e. The molecule has 2 aliphatic rings. The number of carbonyl (C=O) groups is 2. The highest BCUT2D eigenvalue weighted by Crippen LogP contribution is 2.40. The van der Waals surface area contributed by atoms with Crippen LogP contribution in [0.5, 0.6) is 0 Å². The molecule has 1 fully saturated rings. The topological polar surface area (TPSA) is 123 Å². The molecule has 36 heavy (non-hydrogen) atoms.